The minimum absolute atomic E-state index is 0.0496. The van der Waals surface area contributed by atoms with Gasteiger partial charge in [-0.3, -0.25) is 9.00 Å². The molecule has 8 nitrogen and oxygen atoms in total. The van der Waals surface area contributed by atoms with Crippen molar-refractivity contribution < 1.29 is 23.4 Å². The van der Waals surface area contributed by atoms with Crippen LogP contribution in [0.2, 0.25) is 0 Å². The number of benzene rings is 3. The predicted molar refractivity (Wildman–Crippen MR) is 114 cm³/mol. The van der Waals surface area contributed by atoms with Crippen molar-refractivity contribution >= 4 is 34.2 Å². The van der Waals surface area contributed by atoms with Crippen molar-refractivity contribution in [3.63, 3.8) is 0 Å². The molecule has 0 spiro atoms. The Bertz CT molecular complexity index is 1170. The fourth-order valence-electron chi connectivity index (χ4n) is 3.27. The Kier molecular flexibility index (Phi) is 5.40. The summed E-state index contributed by atoms with van der Waals surface area (Å²) in [5.41, 5.74) is 4.72. The largest absolute Gasteiger partial charge is 0.760 e. The molecule has 3 aromatic carbocycles. The molecule has 0 saturated heterocycles. The number of fused-ring (bicyclic) bond motifs is 2. The fourth-order valence-corrected chi connectivity index (χ4v) is 3.56. The molecule has 0 aromatic heterocycles. The van der Waals surface area contributed by atoms with Crippen LogP contribution in [-0.4, -0.2) is 26.9 Å². The standard InChI is InChI=1S/C21H19N3O5S/c1-29-20-10-14(4-7-19(20)25)13-3-5-15-17(9-13)23-16-6-2-12(11-22-30(27)28)8-18(16)24-21(15)26/h2-10,22-23,25H,11H2,1H3,(H,24,26)(H,27,28)/p-1. The van der Waals surface area contributed by atoms with Gasteiger partial charge in [-0.25, -0.2) is 4.72 Å². The minimum Gasteiger partial charge on any atom is -0.760 e. The molecule has 9 heteroatoms. The Labute approximate surface area is 175 Å². The molecule has 0 saturated carbocycles. The van der Waals surface area contributed by atoms with E-state index in [-0.39, 0.29) is 18.2 Å². The average molecular weight is 424 g/mol. The molecule has 4 rings (SSSR count). The Morgan fingerprint density at radius 1 is 1.00 bits per heavy atom. The summed E-state index contributed by atoms with van der Waals surface area (Å²) < 4.78 is 28.9. The van der Waals surface area contributed by atoms with E-state index in [1.54, 1.807) is 42.5 Å². The Morgan fingerprint density at radius 3 is 2.53 bits per heavy atom. The van der Waals surface area contributed by atoms with Crippen molar-refractivity contribution in [3.05, 3.63) is 65.7 Å². The first-order valence-corrected chi connectivity index (χ1v) is 10.1. The molecular formula is C21H18N3O5S-. The van der Waals surface area contributed by atoms with E-state index in [1.807, 2.05) is 12.1 Å². The number of anilines is 3. The lowest BCUT2D eigenvalue weighted by Crippen LogP contribution is -2.16. The third-order valence-corrected chi connectivity index (χ3v) is 5.15. The third-order valence-electron chi connectivity index (χ3n) is 4.77. The summed E-state index contributed by atoms with van der Waals surface area (Å²) in [6, 6.07) is 15.7. The summed E-state index contributed by atoms with van der Waals surface area (Å²) in [4.78, 5) is 12.7. The molecule has 1 heterocycles. The quantitative estimate of drug-likeness (QED) is 0.466. The molecule has 154 valence electrons. The van der Waals surface area contributed by atoms with Crippen LogP contribution in [0.1, 0.15) is 15.9 Å². The highest BCUT2D eigenvalue weighted by atomic mass is 32.2. The summed E-state index contributed by atoms with van der Waals surface area (Å²) in [7, 11) is 1.48. The highest BCUT2D eigenvalue weighted by molar-refractivity contribution is 7.77. The molecule has 0 bridgehead atoms. The predicted octanol–water partition coefficient (Wildman–Crippen LogP) is 3.26. The van der Waals surface area contributed by atoms with Crippen LogP contribution in [0.15, 0.2) is 54.6 Å². The van der Waals surface area contributed by atoms with Gasteiger partial charge in [0.05, 0.1) is 29.7 Å². The molecule has 3 aromatic rings. The van der Waals surface area contributed by atoms with E-state index in [4.69, 9.17) is 4.74 Å². The van der Waals surface area contributed by atoms with Crippen LogP contribution in [-0.2, 0) is 17.8 Å². The van der Waals surface area contributed by atoms with Gasteiger partial charge in [-0.15, -0.1) is 0 Å². The fraction of sp³-hybridized carbons (Fsp3) is 0.0952. The van der Waals surface area contributed by atoms with Crippen molar-refractivity contribution in [1.82, 2.24) is 4.72 Å². The van der Waals surface area contributed by atoms with Crippen molar-refractivity contribution in [2.45, 2.75) is 6.54 Å². The highest BCUT2D eigenvalue weighted by Gasteiger charge is 2.20. The van der Waals surface area contributed by atoms with Gasteiger partial charge >= 0.3 is 0 Å². The molecule has 1 amide bonds. The van der Waals surface area contributed by atoms with E-state index >= 15 is 0 Å². The van der Waals surface area contributed by atoms with Gasteiger partial charge in [-0.1, -0.05) is 18.2 Å². The van der Waals surface area contributed by atoms with E-state index in [1.165, 1.54) is 7.11 Å². The molecule has 0 radical (unpaired) electrons. The second kappa shape index (κ2) is 8.15. The first kappa shape index (κ1) is 19.9. The van der Waals surface area contributed by atoms with Crippen LogP contribution in [0.5, 0.6) is 11.5 Å². The molecule has 30 heavy (non-hydrogen) atoms. The second-order valence-corrected chi connectivity index (χ2v) is 7.42. The van der Waals surface area contributed by atoms with Crippen LogP contribution >= 0.6 is 0 Å². The molecule has 0 aliphatic carbocycles. The number of phenolic OH excluding ortho intramolecular Hbond substituents is 1. The third kappa shape index (κ3) is 3.99. The van der Waals surface area contributed by atoms with Crippen LogP contribution in [0.4, 0.5) is 17.1 Å². The number of aromatic hydroxyl groups is 1. The number of rotatable bonds is 5. The van der Waals surface area contributed by atoms with Gasteiger partial charge < -0.3 is 25.0 Å². The molecule has 1 aliphatic heterocycles. The number of hydrogen-bond donors (Lipinski definition) is 4. The zero-order valence-electron chi connectivity index (χ0n) is 15.9. The minimum atomic E-state index is -2.36. The average Bonchev–Trinajstić information content (AvgIpc) is 2.87. The lowest BCUT2D eigenvalue weighted by atomic mass is 10.0. The van der Waals surface area contributed by atoms with E-state index < -0.39 is 11.3 Å². The van der Waals surface area contributed by atoms with Crippen molar-refractivity contribution in [2.24, 2.45) is 0 Å². The summed E-state index contributed by atoms with van der Waals surface area (Å²) in [6.45, 7) is 0.124. The lowest BCUT2D eigenvalue weighted by Gasteiger charge is -2.13. The van der Waals surface area contributed by atoms with Gasteiger partial charge in [0.2, 0.25) is 0 Å². The topological polar surface area (TPSA) is 123 Å². The van der Waals surface area contributed by atoms with Gasteiger partial charge in [0.1, 0.15) is 0 Å². The SMILES string of the molecule is COc1cc(-c2ccc3c(c2)Nc2ccc(CNS(=O)[O-])cc2NC3=O)ccc1O. The van der Waals surface area contributed by atoms with Gasteiger partial charge in [-0.05, 0) is 53.1 Å². The zero-order chi connectivity index (χ0) is 21.3. The van der Waals surface area contributed by atoms with Crippen molar-refractivity contribution in [2.75, 3.05) is 17.7 Å². The molecule has 1 atom stereocenters. The normalized spacial score (nSPS) is 13.3. The van der Waals surface area contributed by atoms with Gasteiger partial charge in [0, 0.05) is 17.8 Å². The summed E-state index contributed by atoms with van der Waals surface area (Å²) >= 11 is -2.36. The molecule has 0 fully saturated rings. The number of hydrogen-bond acceptors (Lipinski definition) is 6. The van der Waals surface area contributed by atoms with Crippen molar-refractivity contribution in [1.29, 1.82) is 0 Å². The number of phenols is 1. The van der Waals surface area contributed by atoms with Crippen LogP contribution < -0.4 is 20.1 Å². The number of nitrogens with one attached hydrogen (secondary N) is 3. The number of amides is 1. The molecule has 1 unspecified atom stereocenters. The Balaban J connectivity index is 1.69. The van der Waals surface area contributed by atoms with Crippen LogP contribution in [0.25, 0.3) is 11.1 Å². The van der Waals surface area contributed by atoms with Crippen molar-refractivity contribution in [3.8, 4) is 22.6 Å². The van der Waals surface area contributed by atoms with E-state index in [9.17, 15) is 18.7 Å². The second-order valence-electron chi connectivity index (χ2n) is 6.66. The lowest BCUT2D eigenvalue weighted by molar-refractivity contribution is 0.102. The van der Waals surface area contributed by atoms with Gasteiger partial charge in [0.15, 0.2) is 11.5 Å². The monoisotopic (exact) mass is 424 g/mol. The number of carbonyl (C=O) groups excluding carboxylic acids is 1. The molecule has 4 N–H and O–H groups in total. The zero-order valence-corrected chi connectivity index (χ0v) is 16.7. The first-order chi connectivity index (χ1) is 14.4. The highest BCUT2D eigenvalue weighted by Crippen LogP contribution is 2.37. The van der Waals surface area contributed by atoms with Crippen LogP contribution in [0.3, 0.4) is 0 Å². The van der Waals surface area contributed by atoms with E-state index in [0.717, 1.165) is 11.1 Å². The maximum atomic E-state index is 12.7. The first-order valence-electron chi connectivity index (χ1n) is 9.00. The maximum Gasteiger partial charge on any atom is 0.257 e. The number of methoxy groups -OCH3 is 1. The molecule has 1 aliphatic rings. The summed E-state index contributed by atoms with van der Waals surface area (Å²) in [5, 5.41) is 15.9. The maximum absolute atomic E-state index is 12.7. The molecular weight excluding hydrogens is 406 g/mol. The summed E-state index contributed by atoms with van der Waals surface area (Å²) in [6.07, 6.45) is 0. The van der Waals surface area contributed by atoms with E-state index in [0.29, 0.717) is 33.9 Å². The Morgan fingerprint density at radius 2 is 1.77 bits per heavy atom. The van der Waals surface area contributed by atoms with Gasteiger partial charge in [0.25, 0.3) is 5.91 Å². The van der Waals surface area contributed by atoms with Crippen LogP contribution in [0, 0.1) is 0 Å². The summed E-state index contributed by atoms with van der Waals surface area (Å²) in [5.74, 6) is 0.135. The smallest absolute Gasteiger partial charge is 0.257 e. The number of carbonyl (C=O) groups is 1. The van der Waals surface area contributed by atoms with Gasteiger partial charge in [-0.2, -0.15) is 0 Å². The Hall–Kier alpha value is -3.40. The number of ether oxygens (including phenoxy) is 1. The van der Waals surface area contributed by atoms with E-state index in [2.05, 4.69) is 15.4 Å².